The molecule has 4 rings (SSSR count). The van der Waals surface area contributed by atoms with Crippen molar-refractivity contribution in [1.29, 1.82) is 0 Å². The predicted octanol–water partition coefficient (Wildman–Crippen LogP) is 2.18. The molecule has 2 N–H and O–H groups in total. The number of carbonyl (C=O) groups excluding carboxylic acids is 1. The molecule has 2 unspecified atom stereocenters. The van der Waals surface area contributed by atoms with Gasteiger partial charge in [0.05, 0.1) is 12.6 Å². The van der Waals surface area contributed by atoms with E-state index in [2.05, 4.69) is 26.8 Å². The van der Waals surface area contributed by atoms with Crippen LogP contribution in [0.2, 0.25) is 0 Å². The van der Waals surface area contributed by atoms with E-state index in [-0.39, 0.29) is 30.5 Å². The van der Waals surface area contributed by atoms with Crippen molar-refractivity contribution in [2.45, 2.75) is 25.9 Å². The number of fused-ring (bicyclic) bond motifs is 1. The molecule has 30 heavy (non-hydrogen) atoms. The molecule has 1 saturated heterocycles. The minimum absolute atomic E-state index is 0.0266. The van der Waals surface area contributed by atoms with E-state index >= 15 is 0 Å². The monoisotopic (exact) mass is 428 g/mol. The second-order valence-corrected chi connectivity index (χ2v) is 7.97. The van der Waals surface area contributed by atoms with E-state index in [9.17, 15) is 4.79 Å². The normalized spacial score (nSPS) is 19.2. The topological polar surface area (TPSA) is 107 Å². The Morgan fingerprint density at radius 3 is 2.83 bits per heavy atom. The Hall–Kier alpha value is -3.14. The number of aromatic nitrogens is 3. The van der Waals surface area contributed by atoms with Gasteiger partial charge in [0.2, 0.25) is 5.95 Å². The van der Waals surface area contributed by atoms with Crippen molar-refractivity contribution in [3.63, 3.8) is 0 Å². The Balaban J connectivity index is 1.45. The molecule has 0 aliphatic carbocycles. The minimum Gasteiger partial charge on any atom is -0.497 e. The Bertz CT molecular complexity index is 1060. The van der Waals surface area contributed by atoms with Crippen LogP contribution in [-0.4, -0.2) is 64.6 Å². The van der Waals surface area contributed by atoms with Crippen LogP contribution in [-0.2, 0) is 4.79 Å². The van der Waals surface area contributed by atoms with Crippen molar-refractivity contribution < 1.29 is 14.3 Å². The van der Waals surface area contributed by atoms with E-state index in [1.165, 1.54) is 11.3 Å². The first-order valence-corrected chi connectivity index (χ1v) is 10.6. The second-order valence-electron chi connectivity index (χ2n) is 7.14. The van der Waals surface area contributed by atoms with Crippen LogP contribution in [0.15, 0.2) is 29.8 Å². The molecule has 0 saturated carbocycles. The zero-order valence-electron chi connectivity index (χ0n) is 17.1. The number of methoxy groups -OCH3 is 1. The van der Waals surface area contributed by atoms with Gasteiger partial charge in [0.1, 0.15) is 17.0 Å². The molecule has 2 aromatic heterocycles. The average molecular weight is 429 g/mol. The summed E-state index contributed by atoms with van der Waals surface area (Å²) in [5.74, 6) is 2.18. The molecule has 1 aromatic carbocycles. The highest BCUT2D eigenvalue weighted by atomic mass is 32.1. The molecule has 1 amide bonds. The molecule has 9 nitrogen and oxygen atoms in total. The first-order valence-electron chi connectivity index (χ1n) is 9.67. The third-order valence-corrected chi connectivity index (χ3v) is 6.17. The Morgan fingerprint density at radius 2 is 2.03 bits per heavy atom. The minimum atomic E-state index is -0.0576. The van der Waals surface area contributed by atoms with Crippen molar-refractivity contribution in [1.82, 2.24) is 19.9 Å². The molecule has 1 aliphatic rings. The Kier molecular flexibility index (Phi) is 5.58. The van der Waals surface area contributed by atoms with E-state index in [0.717, 1.165) is 16.2 Å². The van der Waals surface area contributed by atoms with Crippen LogP contribution in [0.1, 0.15) is 13.8 Å². The summed E-state index contributed by atoms with van der Waals surface area (Å²) in [6, 6.07) is 7.21. The Labute approximate surface area is 178 Å². The maximum atomic E-state index is 12.8. The SMILES string of the molecule is COc1cccc(OCC(=O)N2CCN(c3nc(N)nc4scnc34)C(C)C2C)c1. The van der Waals surface area contributed by atoms with Gasteiger partial charge in [-0.15, -0.1) is 11.3 Å². The van der Waals surface area contributed by atoms with Crippen molar-refractivity contribution >= 4 is 39.4 Å². The zero-order chi connectivity index (χ0) is 21.3. The lowest BCUT2D eigenvalue weighted by Gasteiger charge is -2.45. The number of rotatable bonds is 5. The summed E-state index contributed by atoms with van der Waals surface area (Å²) < 4.78 is 10.9. The van der Waals surface area contributed by atoms with Gasteiger partial charge in [0, 0.05) is 31.2 Å². The number of nitrogens with two attached hydrogens (primary N) is 1. The van der Waals surface area contributed by atoms with E-state index < -0.39 is 0 Å². The summed E-state index contributed by atoms with van der Waals surface area (Å²) in [4.78, 5) is 30.7. The summed E-state index contributed by atoms with van der Waals surface area (Å²) in [6.45, 7) is 5.26. The summed E-state index contributed by atoms with van der Waals surface area (Å²) in [7, 11) is 1.59. The fourth-order valence-corrected chi connectivity index (χ4v) is 4.34. The third kappa shape index (κ3) is 3.82. The summed E-state index contributed by atoms with van der Waals surface area (Å²) in [6.07, 6.45) is 0. The fraction of sp³-hybridized carbons (Fsp3) is 0.400. The summed E-state index contributed by atoms with van der Waals surface area (Å²) in [5, 5.41) is 0. The van der Waals surface area contributed by atoms with Gasteiger partial charge in [-0.05, 0) is 26.0 Å². The number of anilines is 2. The van der Waals surface area contributed by atoms with Crippen LogP contribution in [0, 0.1) is 0 Å². The van der Waals surface area contributed by atoms with Crippen LogP contribution in [0.3, 0.4) is 0 Å². The van der Waals surface area contributed by atoms with Crippen molar-refractivity contribution in [3.8, 4) is 11.5 Å². The maximum Gasteiger partial charge on any atom is 0.260 e. The smallest absolute Gasteiger partial charge is 0.260 e. The van der Waals surface area contributed by atoms with Gasteiger partial charge in [0.25, 0.3) is 5.91 Å². The molecule has 0 radical (unpaired) electrons. The fourth-order valence-electron chi connectivity index (χ4n) is 3.68. The van der Waals surface area contributed by atoms with Gasteiger partial charge in [0.15, 0.2) is 17.3 Å². The first-order chi connectivity index (χ1) is 14.5. The lowest BCUT2D eigenvalue weighted by atomic mass is 10.0. The maximum absolute atomic E-state index is 12.8. The van der Waals surface area contributed by atoms with Crippen molar-refractivity contribution in [3.05, 3.63) is 29.8 Å². The van der Waals surface area contributed by atoms with E-state index in [1.54, 1.807) is 24.8 Å². The highest BCUT2D eigenvalue weighted by Crippen LogP contribution is 2.30. The van der Waals surface area contributed by atoms with Gasteiger partial charge in [-0.1, -0.05) is 6.07 Å². The van der Waals surface area contributed by atoms with Crippen molar-refractivity contribution in [2.24, 2.45) is 0 Å². The van der Waals surface area contributed by atoms with E-state index in [1.807, 2.05) is 24.0 Å². The van der Waals surface area contributed by atoms with E-state index in [4.69, 9.17) is 15.2 Å². The number of benzene rings is 1. The van der Waals surface area contributed by atoms with Crippen molar-refractivity contribution in [2.75, 3.05) is 37.4 Å². The van der Waals surface area contributed by atoms with Gasteiger partial charge >= 0.3 is 0 Å². The quantitative estimate of drug-likeness (QED) is 0.659. The van der Waals surface area contributed by atoms with Gasteiger partial charge in [-0.25, -0.2) is 9.97 Å². The molecule has 3 heterocycles. The summed E-state index contributed by atoms with van der Waals surface area (Å²) in [5.41, 5.74) is 8.39. The molecule has 10 heteroatoms. The highest BCUT2D eigenvalue weighted by molar-refractivity contribution is 7.16. The largest absolute Gasteiger partial charge is 0.497 e. The zero-order valence-corrected chi connectivity index (χ0v) is 17.9. The predicted molar refractivity (Wildman–Crippen MR) is 116 cm³/mol. The van der Waals surface area contributed by atoms with Gasteiger partial charge in [-0.2, -0.15) is 4.98 Å². The number of hydrogen-bond acceptors (Lipinski definition) is 9. The standard InChI is InChI=1S/C20H24N6O3S/c1-12-13(2)26(18-17-19(30-11-22-17)24-20(21)23-18)8-7-25(12)16(27)10-29-15-6-4-5-14(9-15)28-3/h4-6,9,11-13H,7-8,10H2,1-3H3,(H2,21,23,24). The molecule has 1 aliphatic heterocycles. The lowest BCUT2D eigenvalue weighted by Crippen LogP contribution is -2.60. The average Bonchev–Trinajstić information content (AvgIpc) is 3.22. The summed E-state index contributed by atoms with van der Waals surface area (Å²) >= 11 is 1.44. The van der Waals surface area contributed by atoms with Crippen LogP contribution in [0.4, 0.5) is 11.8 Å². The van der Waals surface area contributed by atoms with E-state index in [0.29, 0.717) is 24.6 Å². The molecule has 3 aromatic rings. The number of ether oxygens (including phenoxy) is 2. The molecule has 0 bridgehead atoms. The molecular weight excluding hydrogens is 404 g/mol. The Morgan fingerprint density at radius 1 is 1.23 bits per heavy atom. The third-order valence-electron chi connectivity index (χ3n) is 5.46. The molecular formula is C20H24N6O3S. The lowest BCUT2D eigenvalue weighted by molar-refractivity contribution is -0.136. The number of piperazine rings is 1. The van der Waals surface area contributed by atoms with Gasteiger partial charge in [-0.3, -0.25) is 4.79 Å². The van der Waals surface area contributed by atoms with Crippen LogP contribution in [0.5, 0.6) is 11.5 Å². The van der Waals surface area contributed by atoms with Crippen LogP contribution >= 0.6 is 11.3 Å². The number of nitrogens with zero attached hydrogens (tertiary/aromatic N) is 5. The number of hydrogen-bond donors (Lipinski definition) is 1. The molecule has 158 valence electrons. The number of thiazole rings is 1. The first kappa shape index (κ1) is 20.1. The molecule has 2 atom stereocenters. The second kappa shape index (κ2) is 8.31. The van der Waals surface area contributed by atoms with Crippen LogP contribution < -0.4 is 20.1 Å². The number of amides is 1. The molecule has 0 spiro atoms. The number of carbonyl (C=O) groups is 1. The number of nitrogen functional groups attached to an aromatic ring is 1. The highest BCUT2D eigenvalue weighted by Gasteiger charge is 2.35. The van der Waals surface area contributed by atoms with Gasteiger partial charge < -0.3 is 25.0 Å². The molecule has 1 fully saturated rings. The van der Waals surface area contributed by atoms with Crippen LogP contribution in [0.25, 0.3) is 10.3 Å².